The van der Waals surface area contributed by atoms with Gasteiger partial charge in [-0.15, -0.1) is 0 Å². The molecule has 0 spiro atoms. The van der Waals surface area contributed by atoms with Gasteiger partial charge in [-0.2, -0.15) is 0 Å². The molecule has 0 aliphatic rings. The maximum atomic E-state index is 5.35. The predicted molar refractivity (Wildman–Crippen MR) is 47.9 cm³/mol. The summed E-state index contributed by atoms with van der Waals surface area (Å²) >= 11 is 0. The van der Waals surface area contributed by atoms with Gasteiger partial charge in [-0.05, 0) is 11.8 Å². The van der Waals surface area contributed by atoms with Crippen molar-refractivity contribution in [1.29, 1.82) is 0 Å². The van der Waals surface area contributed by atoms with E-state index in [1.165, 1.54) is 0 Å². The van der Waals surface area contributed by atoms with Crippen molar-refractivity contribution in [1.82, 2.24) is 5.43 Å². The third kappa shape index (κ3) is 4.61. The molecule has 0 aromatic carbocycles. The lowest BCUT2D eigenvalue weighted by Gasteiger charge is -2.19. The Morgan fingerprint density at radius 3 is 2.45 bits per heavy atom. The molecule has 0 heterocycles. The van der Waals surface area contributed by atoms with E-state index in [2.05, 4.69) is 31.2 Å². The highest BCUT2D eigenvalue weighted by molar-refractivity contribution is 5.77. The van der Waals surface area contributed by atoms with E-state index in [9.17, 15) is 0 Å². The van der Waals surface area contributed by atoms with Crippen LogP contribution in [0.2, 0.25) is 0 Å². The molecule has 0 radical (unpaired) electrons. The number of nitrogens with one attached hydrogen (secondary N) is 1. The van der Waals surface area contributed by atoms with Crippen LogP contribution in [0.25, 0.3) is 0 Å². The van der Waals surface area contributed by atoms with Crippen LogP contribution in [0.15, 0.2) is 4.99 Å². The van der Waals surface area contributed by atoms with Gasteiger partial charge in [-0.1, -0.05) is 20.8 Å². The van der Waals surface area contributed by atoms with Crippen LogP contribution in [0.5, 0.6) is 0 Å². The molecule has 0 rings (SSSR count). The summed E-state index contributed by atoms with van der Waals surface area (Å²) in [5.74, 6) is 5.33. The van der Waals surface area contributed by atoms with Gasteiger partial charge in [0.05, 0.1) is 0 Å². The molecule has 0 atom stereocenters. The highest BCUT2D eigenvalue weighted by Gasteiger charge is 2.13. The first kappa shape index (κ1) is 10.2. The van der Waals surface area contributed by atoms with Crippen molar-refractivity contribution in [3.8, 4) is 0 Å². The van der Waals surface area contributed by atoms with Gasteiger partial charge in [0.1, 0.15) is 0 Å². The molecule has 0 amide bonds. The van der Waals surface area contributed by atoms with E-state index in [4.69, 9.17) is 11.6 Å². The Morgan fingerprint density at radius 2 is 2.09 bits per heavy atom. The van der Waals surface area contributed by atoms with Crippen LogP contribution in [0.4, 0.5) is 0 Å². The van der Waals surface area contributed by atoms with Crippen LogP contribution in [0, 0.1) is 5.41 Å². The Balaban J connectivity index is 3.86. The molecular weight excluding hydrogens is 140 g/mol. The van der Waals surface area contributed by atoms with E-state index in [1.54, 1.807) is 0 Å². The van der Waals surface area contributed by atoms with Crippen LogP contribution >= 0.6 is 0 Å². The van der Waals surface area contributed by atoms with Gasteiger partial charge in [0.2, 0.25) is 5.96 Å². The fourth-order valence-electron chi connectivity index (χ4n) is 0.457. The molecule has 4 heteroatoms. The second-order valence-electron chi connectivity index (χ2n) is 3.36. The Morgan fingerprint density at radius 1 is 1.55 bits per heavy atom. The molecule has 0 aromatic rings. The summed E-state index contributed by atoms with van der Waals surface area (Å²) in [5, 5.41) is 0. The van der Waals surface area contributed by atoms with Crippen LogP contribution < -0.4 is 17.0 Å². The summed E-state index contributed by atoms with van der Waals surface area (Å²) in [5.41, 5.74) is 7.85. The summed E-state index contributed by atoms with van der Waals surface area (Å²) in [6.07, 6.45) is 1.08. The minimum atomic E-state index is 0.210. The minimum absolute atomic E-state index is 0.210. The van der Waals surface area contributed by atoms with Crippen molar-refractivity contribution >= 4 is 5.96 Å². The van der Waals surface area contributed by atoms with Crippen LogP contribution in [-0.4, -0.2) is 12.5 Å². The highest BCUT2D eigenvalue weighted by atomic mass is 15.3. The Labute approximate surface area is 68.0 Å². The summed E-state index contributed by atoms with van der Waals surface area (Å²) in [6, 6.07) is 0. The number of nitrogens with two attached hydrogens (primary N) is 2. The van der Waals surface area contributed by atoms with Crippen molar-refractivity contribution in [3.05, 3.63) is 0 Å². The van der Waals surface area contributed by atoms with Crippen molar-refractivity contribution in [2.75, 3.05) is 6.54 Å². The average molecular weight is 158 g/mol. The van der Waals surface area contributed by atoms with Crippen LogP contribution in [0.3, 0.4) is 0 Å². The normalized spacial score (nSPS) is 13.3. The third-order valence-corrected chi connectivity index (χ3v) is 1.78. The molecule has 0 fully saturated rings. The maximum absolute atomic E-state index is 5.35. The zero-order valence-corrected chi connectivity index (χ0v) is 7.52. The number of hydrogen-bond acceptors (Lipinski definition) is 2. The SMILES string of the molecule is CCC(C)(C)CN=C(N)NN. The van der Waals surface area contributed by atoms with E-state index >= 15 is 0 Å². The zero-order valence-electron chi connectivity index (χ0n) is 7.52. The number of hydrazine groups is 1. The summed E-state index contributed by atoms with van der Waals surface area (Å²) < 4.78 is 0. The maximum Gasteiger partial charge on any atom is 0.203 e. The first-order chi connectivity index (χ1) is 5.02. The van der Waals surface area contributed by atoms with E-state index in [0.717, 1.165) is 6.42 Å². The standard InChI is InChI=1S/C7H18N4/c1-4-7(2,3)5-10-6(8)11-9/h4-5,9H2,1-3H3,(H3,8,10,11). The lowest BCUT2D eigenvalue weighted by atomic mass is 9.91. The Hall–Kier alpha value is -0.770. The van der Waals surface area contributed by atoms with Crippen LogP contribution in [-0.2, 0) is 0 Å². The molecule has 11 heavy (non-hydrogen) atoms. The molecule has 4 nitrogen and oxygen atoms in total. The first-order valence-electron chi connectivity index (χ1n) is 3.78. The van der Waals surface area contributed by atoms with Crippen molar-refractivity contribution in [2.24, 2.45) is 22.0 Å². The highest BCUT2D eigenvalue weighted by Crippen LogP contribution is 2.19. The van der Waals surface area contributed by atoms with E-state index in [-0.39, 0.29) is 5.41 Å². The molecule has 0 saturated heterocycles. The van der Waals surface area contributed by atoms with E-state index in [0.29, 0.717) is 12.5 Å². The summed E-state index contributed by atoms with van der Waals surface area (Å²) in [7, 11) is 0. The van der Waals surface area contributed by atoms with Gasteiger partial charge < -0.3 is 5.73 Å². The Bertz CT molecular complexity index is 139. The third-order valence-electron chi connectivity index (χ3n) is 1.78. The molecule has 0 saturated carbocycles. The fraction of sp³-hybridized carbons (Fsp3) is 0.857. The number of guanidine groups is 1. The quantitative estimate of drug-likeness (QED) is 0.238. The number of rotatable bonds is 3. The summed E-state index contributed by atoms with van der Waals surface area (Å²) in [6.45, 7) is 7.11. The topological polar surface area (TPSA) is 76.4 Å². The lowest BCUT2D eigenvalue weighted by molar-refractivity contribution is 0.365. The number of hydrogen-bond donors (Lipinski definition) is 3. The lowest BCUT2D eigenvalue weighted by Crippen LogP contribution is -2.37. The largest absolute Gasteiger partial charge is 0.369 e. The molecular formula is C7H18N4. The first-order valence-corrected chi connectivity index (χ1v) is 3.78. The van der Waals surface area contributed by atoms with Gasteiger partial charge in [-0.3, -0.25) is 10.4 Å². The number of nitrogens with zero attached hydrogens (tertiary/aromatic N) is 1. The molecule has 0 bridgehead atoms. The fourth-order valence-corrected chi connectivity index (χ4v) is 0.457. The van der Waals surface area contributed by atoms with Gasteiger partial charge in [-0.25, -0.2) is 5.84 Å². The molecule has 0 aliphatic heterocycles. The second kappa shape index (κ2) is 4.18. The minimum Gasteiger partial charge on any atom is -0.369 e. The Kier molecular flexibility index (Phi) is 3.89. The van der Waals surface area contributed by atoms with Crippen LogP contribution in [0.1, 0.15) is 27.2 Å². The molecule has 0 aromatic heterocycles. The monoisotopic (exact) mass is 158 g/mol. The van der Waals surface area contributed by atoms with Crippen molar-refractivity contribution in [2.45, 2.75) is 27.2 Å². The molecule has 0 unspecified atom stereocenters. The average Bonchev–Trinajstić information content (AvgIpc) is 2.00. The van der Waals surface area contributed by atoms with Gasteiger partial charge in [0.25, 0.3) is 0 Å². The number of aliphatic imine (C=N–C) groups is 1. The molecule has 0 aliphatic carbocycles. The molecule has 66 valence electrons. The zero-order chi connectivity index (χ0) is 8.91. The van der Waals surface area contributed by atoms with E-state index < -0.39 is 0 Å². The van der Waals surface area contributed by atoms with E-state index in [1.807, 2.05) is 0 Å². The molecule has 5 N–H and O–H groups in total. The smallest absolute Gasteiger partial charge is 0.203 e. The van der Waals surface area contributed by atoms with Gasteiger partial charge in [0, 0.05) is 6.54 Å². The predicted octanol–water partition coefficient (Wildman–Crippen LogP) is 0.201. The van der Waals surface area contributed by atoms with Gasteiger partial charge >= 0.3 is 0 Å². The van der Waals surface area contributed by atoms with Crippen molar-refractivity contribution < 1.29 is 0 Å². The second-order valence-corrected chi connectivity index (χ2v) is 3.36. The summed E-state index contributed by atoms with van der Waals surface area (Å²) in [4.78, 5) is 4.04. The van der Waals surface area contributed by atoms with Gasteiger partial charge in [0.15, 0.2) is 0 Å². The van der Waals surface area contributed by atoms with Crippen molar-refractivity contribution in [3.63, 3.8) is 0 Å².